The van der Waals surface area contributed by atoms with Crippen LogP contribution in [-0.4, -0.2) is 11.3 Å². The van der Waals surface area contributed by atoms with Crippen molar-refractivity contribution in [2.45, 2.75) is 10.8 Å². The smallest absolute Gasteiger partial charge is 0.244 e. The molecule has 0 aliphatic carbocycles. The number of amides is 1. The first-order chi connectivity index (χ1) is 9.18. The van der Waals surface area contributed by atoms with Crippen molar-refractivity contribution in [2.24, 2.45) is 0 Å². The highest BCUT2D eigenvalue weighted by Crippen LogP contribution is 2.28. The summed E-state index contributed by atoms with van der Waals surface area (Å²) in [5.41, 5.74) is 1.53. The van der Waals surface area contributed by atoms with Crippen molar-refractivity contribution in [3.05, 3.63) is 66.2 Å². The molecule has 2 unspecified atom stereocenters. The number of halogens is 2. The van der Waals surface area contributed by atoms with Crippen LogP contribution in [0.5, 0.6) is 0 Å². The number of alkyl halides is 2. The average Bonchev–Trinajstić information content (AvgIpc) is 2.47. The maximum absolute atomic E-state index is 12.0. The molecule has 0 heterocycles. The number of benzene rings is 2. The molecule has 0 radical (unpaired) electrons. The normalized spacial score (nSPS) is 13.6. The fourth-order valence-corrected chi connectivity index (χ4v) is 2.13. The molecule has 2 nitrogen and oxygen atoms in total. The van der Waals surface area contributed by atoms with Gasteiger partial charge in [0.15, 0.2) is 0 Å². The molecule has 0 aliphatic rings. The van der Waals surface area contributed by atoms with Gasteiger partial charge < -0.3 is 5.32 Å². The Morgan fingerprint density at radius 2 is 1.42 bits per heavy atom. The lowest BCUT2D eigenvalue weighted by molar-refractivity contribution is -0.115. The quantitative estimate of drug-likeness (QED) is 0.841. The number of carbonyl (C=O) groups excluding carboxylic acids is 1. The summed E-state index contributed by atoms with van der Waals surface area (Å²) in [5.74, 6) is -0.309. The molecule has 98 valence electrons. The van der Waals surface area contributed by atoms with Crippen LogP contribution < -0.4 is 5.32 Å². The van der Waals surface area contributed by atoms with Gasteiger partial charge in [0, 0.05) is 5.69 Å². The SMILES string of the molecule is O=C(Nc1ccccc1)C(Cl)C(Cl)c1ccccc1. The highest BCUT2D eigenvalue weighted by Gasteiger charge is 2.25. The molecule has 1 amide bonds. The molecule has 2 atom stereocenters. The third kappa shape index (κ3) is 3.72. The molecular formula is C15H13Cl2NO. The van der Waals surface area contributed by atoms with Crippen molar-refractivity contribution in [3.8, 4) is 0 Å². The van der Waals surface area contributed by atoms with Crippen molar-refractivity contribution >= 4 is 34.8 Å². The van der Waals surface area contributed by atoms with Crippen LogP contribution in [0.1, 0.15) is 10.9 Å². The van der Waals surface area contributed by atoms with Crippen LogP contribution in [0.15, 0.2) is 60.7 Å². The Labute approximate surface area is 122 Å². The summed E-state index contributed by atoms with van der Waals surface area (Å²) < 4.78 is 0. The molecule has 4 heteroatoms. The van der Waals surface area contributed by atoms with Crippen LogP contribution in [0.2, 0.25) is 0 Å². The van der Waals surface area contributed by atoms with Gasteiger partial charge in [0.25, 0.3) is 0 Å². The van der Waals surface area contributed by atoms with E-state index in [1.807, 2.05) is 48.5 Å². The van der Waals surface area contributed by atoms with Gasteiger partial charge in [-0.15, -0.1) is 23.2 Å². The van der Waals surface area contributed by atoms with Gasteiger partial charge in [0.2, 0.25) is 5.91 Å². The minimum Gasteiger partial charge on any atom is -0.325 e. The minimum atomic E-state index is -0.829. The van der Waals surface area contributed by atoms with E-state index < -0.39 is 10.8 Å². The van der Waals surface area contributed by atoms with Crippen LogP contribution in [0.3, 0.4) is 0 Å². The van der Waals surface area contributed by atoms with E-state index in [4.69, 9.17) is 23.2 Å². The van der Waals surface area contributed by atoms with Crippen LogP contribution in [0, 0.1) is 0 Å². The molecule has 19 heavy (non-hydrogen) atoms. The Morgan fingerprint density at radius 1 is 0.895 bits per heavy atom. The molecule has 0 bridgehead atoms. The van der Waals surface area contributed by atoms with E-state index in [1.54, 1.807) is 12.1 Å². The lowest BCUT2D eigenvalue weighted by Crippen LogP contribution is -2.26. The fourth-order valence-electron chi connectivity index (χ4n) is 1.67. The fraction of sp³-hybridized carbons (Fsp3) is 0.133. The summed E-state index contributed by atoms with van der Waals surface area (Å²) in [4.78, 5) is 12.0. The summed E-state index contributed by atoms with van der Waals surface area (Å²) >= 11 is 12.3. The lowest BCUT2D eigenvalue weighted by atomic mass is 10.1. The van der Waals surface area contributed by atoms with Gasteiger partial charge >= 0.3 is 0 Å². The molecule has 0 aliphatic heterocycles. The summed E-state index contributed by atoms with van der Waals surface area (Å²) in [6.45, 7) is 0. The zero-order valence-corrected chi connectivity index (χ0v) is 11.6. The minimum absolute atomic E-state index is 0.309. The van der Waals surface area contributed by atoms with Crippen molar-refractivity contribution in [1.29, 1.82) is 0 Å². The Balaban J connectivity index is 2.03. The van der Waals surface area contributed by atoms with Gasteiger partial charge in [0.05, 0.1) is 5.38 Å². The second-order valence-corrected chi connectivity index (χ2v) is 5.01. The van der Waals surface area contributed by atoms with E-state index in [0.717, 1.165) is 5.56 Å². The highest BCUT2D eigenvalue weighted by molar-refractivity contribution is 6.38. The van der Waals surface area contributed by atoms with Gasteiger partial charge in [-0.1, -0.05) is 48.5 Å². The van der Waals surface area contributed by atoms with Crippen LogP contribution in [0.25, 0.3) is 0 Å². The number of hydrogen-bond acceptors (Lipinski definition) is 1. The third-order valence-corrected chi connectivity index (χ3v) is 3.75. The molecule has 2 aromatic carbocycles. The van der Waals surface area contributed by atoms with Crippen LogP contribution in [-0.2, 0) is 4.79 Å². The standard InChI is InChI=1S/C15H13Cl2NO/c16-13(11-7-3-1-4-8-11)14(17)15(19)18-12-9-5-2-6-10-12/h1-10,13-14H,(H,18,19). The summed E-state index contributed by atoms with van der Waals surface area (Å²) in [7, 11) is 0. The summed E-state index contributed by atoms with van der Waals surface area (Å²) in [6, 6.07) is 18.5. The third-order valence-electron chi connectivity index (χ3n) is 2.67. The van der Waals surface area contributed by atoms with Crippen LogP contribution >= 0.6 is 23.2 Å². The molecule has 2 rings (SSSR count). The highest BCUT2D eigenvalue weighted by atomic mass is 35.5. The largest absolute Gasteiger partial charge is 0.325 e. The van der Waals surface area contributed by atoms with Crippen molar-refractivity contribution in [2.75, 3.05) is 5.32 Å². The topological polar surface area (TPSA) is 29.1 Å². The zero-order valence-electron chi connectivity index (χ0n) is 10.1. The first-order valence-corrected chi connectivity index (χ1v) is 6.75. The molecule has 1 N–H and O–H groups in total. The van der Waals surface area contributed by atoms with Gasteiger partial charge in [-0.2, -0.15) is 0 Å². The Hall–Kier alpha value is -1.51. The zero-order chi connectivity index (χ0) is 13.7. The predicted molar refractivity (Wildman–Crippen MR) is 79.7 cm³/mol. The number of nitrogens with one attached hydrogen (secondary N) is 1. The van der Waals surface area contributed by atoms with E-state index in [2.05, 4.69) is 5.32 Å². The van der Waals surface area contributed by atoms with E-state index in [-0.39, 0.29) is 5.91 Å². The maximum Gasteiger partial charge on any atom is 0.244 e. The first-order valence-electron chi connectivity index (χ1n) is 5.87. The maximum atomic E-state index is 12.0. The van der Waals surface area contributed by atoms with Gasteiger partial charge in [-0.3, -0.25) is 4.79 Å². The number of para-hydroxylation sites is 1. The monoisotopic (exact) mass is 293 g/mol. The van der Waals surface area contributed by atoms with E-state index in [1.165, 1.54) is 0 Å². The number of anilines is 1. The molecule has 0 saturated heterocycles. The molecular weight excluding hydrogens is 281 g/mol. The number of rotatable bonds is 4. The van der Waals surface area contributed by atoms with Crippen molar-refractivity contribution in [3.63, 3.8) is 0 Å². The predicted octanol–water partition coefficient (Wildman–Crippen LogP) is 4.21. The van der Waals surface area contributed by atoms with Gasteiger partial charge in [-0.25, -0.2) is 0 Å². The average molecular weight is 294 g/mol. The molecule has 0 spiro atoms. The Bertz CT molecular complexity index is 530. The second-order valence-electron chi connectivity index (χ2n) is 4.07. The summed E-state index contributed by atoms with van der Waals surface area (Å²) in [6.07, 6.45) is 0. The number of carbonyl (C=O) groups is 1. The second kappa shape index (κ2) is 6.60. The molecule has 0 fully saturated rings. The van der Waals surface area contributed by atoms with Crippen molar-refractivity contribution < 1.29 is 4.79 Å². The van der Waals surface area contributed by atoms with Crippen LogP contribution in [0.4, 0.5) is 5.69 Å². The van der Waals surface area contributed by atoms with E-state index in [9.17, 15) is 4.79 Å². The van der Waals surface area contributed by atoms with E-state index >= 15 is 0 Å². The van der Waals surface area contributed by atoms with Crippen molar-refractivity contribution in [1.82, 2.24) is 0 Å². The summed E-state index contributed by atoms with van der Waals surface area (Å²) in [5, 5.41) is 1.34. The molecule has 0 aromatic heterocycles. The first kappa shape index (κ1) is 13.9. The Morgan fingerprint density at radius 3 is 2.00 bits per heavy atom. The lowest BCUT2D eigenvalue weighted by Gasteiger charge is -2.16. The van der Waals surface area contributed by atoms with Gasteiger partial charge in [0.1, 0.15) is 5.38 Å². The van der Waals surface area contributed by atoms with E-state index in [0.29, 0.717) is 5.69 Å². The molecule has 2 aromatic rings. The Kier molecular flexibility index (Phi) is 4.83. The van der Waals surface area contributed by atoms with Gasteiger partial charge in [-0.05, 0) is 17.7 Å². The molecule has 0 saturated carbocycles. The number of hydrogen-bond donors (Lipinski definition) is 1.